The minimum absolute atomic E-state index is 0.0551. The second kappa shape index (κ2) is 14.6. The summed E-state index contributed by atoms with van der Waals surface area (Å²) < 4.78 is 76.1. The second-order valence-corrected chi connectivity index (χ2v) is 14.3. The number of carbonyl (C=O) groups is 2. The van der Waals surface area contributed by atoms with Crippen LogP contribution in [0.3, 0.4) is 0 Å². The summed E-state index contributed by atoms with van der Waals surface area (Å²) in [6.07, 6.45) is 2.77. The molecule has 1 atom stereocenters. The van der Waals surface area contributed by atoms with Crippen molar-refractivity contribution >= 4 is 27.6 Å². The van der Waals surface area contributed by atoms with Crippen LogP contribution in [0.1, 0.15) is 37.8 Å². The molecule has 4 heterocycles. The normalized spacial score (nSPS) is 20.3. The van der Waals surface area contributed by atoms with E-state index < -0.39 is 49.7 Å². The van der Waals surface area contributed by atoms with Crippen molar-refractivity contribution in [2.45, 2.75) is 43.2 Å². The highest BCUT2D eigenvalue weighted by molar-refractivity contribution is 7.93. The first-order valence-corrected chi connectivity index (χ1v) is 18.4. The molecular weight excluding hydrogens is 686 g/mol. The summed E-state index contributed by atoms with van der Waals surface area (Å²) in [5, 5.41) is 2.79. The smallest absolute Gasteiger partial charge is 0.318 e. The number of nitrogens with one attached hydrogen (secondary N) is 1. The molecule has 3 aliphatic rings. The zero-order chi connectivity index (χ0) is 36.5. The van der Waals surface area contributed by atoms with Crippen molar-refractivity contribution in [2.24, 2.45) is 0 Å². The van der Waals surface area contributed by atoms with Crippen LogP contribution < -0.4 is 23.8 Å². The van der Waals surface area contributed by atoms with E-state index in [1.165, 1.54) is 50.7 Å². The van der Waals surface area contributed by atoms with E-state index in [4.69, 9.17) is 14.2 Å². The van der Waals surface area contributed by atoms with Crippen molar-refractivity contribution < 1.29 is 41.0 Å². The van der Waals surface area contributed by atoms with Crippen molar-refractivity contribution in [3.05, 3.63) is 71.4 Å². The van der Waals surface area contributed by atoms with Crippen molar-refractivity contribution in [2.75, 3.05) is 70.9 Å². The topological polar surface area (TPSA) is 134 Å². The van der Waals surface area contributed by atoms with Crippen LogP contribution in [0.25, 0.3) is 0 Å². The number of urea groups is 1. The monoisotopic (exact) mass is 728 g/mol. The highest BCUT2D eigenvalue weighted by Crippen LogP contribution is 2.50. The number of benzene rings is 2. The van der Waals surface area contributed by atoms with E-state index in [1.54, 1.807) is 11.8 Å². The van der Waals surface area contributed by atoms with Crippen molar-refractivity contribution in [3.63, 3.8) is 0 Å². The van der Waals surface area contributed by atoms with Crippen LogP contribution in [0.5, 0.6) is 17.4 Å². The van der Waals surface area contributed by atoms with Crippen molar-refractivity contribution in [1.29, 1.82) is 0 Å². The molecule has 2 saturated heterocycles. The zero-order valence-electron chi connectivity index (χ0n) is 29.0. The minimum atomic E-state index is -4.91. The molecule has 1 aromatic heterocycles. The number of likely N-dealkylation sites (tertiary alicyclic amines) is 1. The maximum atomic E-state index is 15.3. The number of rotatable bonds is 10. The van der Waals surface area contributed by atoms with Gasteiger partial charge < -0.3 is 29.3 Å². The Bertz CT molecular complexity index is 1900. The lowest BCUT2D eigenvalue weighted by atomic mass is 9.84. The van der Waals surface area contributed by atoms with Crippen LogP contribution in [-0.2, 0) is 20.4 Å². The molecule has 3 amide bonds. The van der Waals surface area contributed by atoms with E-state index in [9.17, 15) is 13.2 Å². The average molecular weight is 729 g/mol. The van der Waals surface area contributed by atoms with Crippen LogP contribution in [-0.4, -0.2) is 113 Å². The quantitative estimate of drug-likeness (QED) is 0.331. The fraction of sp³-hybridized carbons (Fsp3) is 0.457. The molecule has 1 N–H and O–H groups in total. The number of hydrogen-bond donors (Lipinski definition) is 1. The number of halogens is 2. The van der Waals surface area contributed by atoms with Crippen molar-refractivity contribution in [1.82, 2.24) is 25.0 Å². The third-order valence-electron chi connectivity index (χ3n) is 9.93. The van der Waals surface area contributed by atoms with E-state index in [0.717, 1.165) is 38.8 Å². The molecule has 0 spiro atoms. The standard InChI is InChI=1S/C35H42F2N6O7S/c1-5-40-16-18-41(19-17-40)23-11-14-42(15-12-23)34(45)39-35(25-8-7-13-38-32(25)50-6-2)26-21-27(36)28(37)22-29(26)43(33(35)44)51(46,47)31-10-9-24(48-3)20-30(31)49-4/h7-10,13,20-23H,5-6,11-12,14-19H2,1-4H3,(H,39,45). The lowest BCUT2D eigenvalue weighted by Crippen LogP contribution is -2.59. The van der Waals surface area contributed by atoms with Crippen LogP contribution in [0.2, 0.25) is 0 Å². The van der Waals surface area contributed by atoms with Crippen LogP contribution >= 0.6 is 0 Å². The third-order valence-corrected chi connectivity index (χ3v) is 11.7. The largest absolute Gasteiger partial charge is 0.497 e. The molecular formula is C35H42F2N6O7S. The Hall–Kier alpha value is -4.54. The van der Waals surface area contributed by atoms with Gasteiger partial charge in [0.2, 0.25) is 5.88 Å². The molecule has 6 rings (SSSR count). The predicted octanol–water partition coefficient (Wildman–Crippen LogP) is 3.57. The van der Waals surface area contributed by atoms with Gasteiger partial charge in [-0.2, -0.15) is 4.31 Å². The van der Waals surface area contributed by atoms with E-state index in [-0.39, 0.29) is 41.2 Å². The predicted molar refractivity (Wildman–Crippen MR) is 184 cm³/mol. The molecule has 0 saturated carbocycles. The number of likely N-dealkylation sites (N-methyl/N-ethyl adjacent to an activating group) is 1. The highest BCUT2D eigenvalue weighted by atomic mass is 32.2. The van der Waals surface area contributed by atoms with Gasteiger partial charge in [0.05, 0.1) is 32.1 Å². The molecule has 0 aliphatic carbocycles. The second-order valence-electron chi connectivity index (χ2n) is 12.5. The van der Waals surface area contributed by atoms with Gasteiger partial charge >= 0.3 is 6.03 Å². The maximum Gasteiger partial charge on any atom is 0.318 e. The number of piperazine rings is 1. The van der Waals surface area contributed by atoms with Gasteiger partial charge in [-0.3, -0.25) is 9.69 Å². The number of amides is 3. The zero-order valence-corrected chi connectivity index (χ0v) is 29.8. The lowest BCUT2D eigenvalue weighted by molar-refractivity contribution is -0.121. The number of ether oxygens (including phenoxy) is 3. The number of hydrogen-bond acceptors (Lipinski definition) is 10. The molecule has 3 aliphatic heterocycles. The lowest BCUT2D eigenvalue weighted by Gasteiger charge is -2.43. The Morgan fingerprint density at radius 2 is 1.67 bits per heavy atom. The van der Waals surface area contributed by atoms with Gasteiger partial charge in [0.25, 0.3) is 15.9 Å². The SMILES string of the molecule is CCOc1ncccc1C1(NC(=O)N2CCC(N3CCN(CC)CC3)CC2)C(=O)N(S(=O)(=O)c2ccc(OC)cc2OC)c2cc(F)c(F)cc21. The van der Waals surface area contributed by atoms with E-state index in [1.807, 2.05) is 0 Å². The number of pyridine rings is 1. The van der Waals surface area contributed by atoms with Gasteiger partial charge in [-0.25, -0.2) is 27.0 Å². The number of piperidine rings is 1. The van der Waals surface area contributed by atoms with Gasteiger partial charge in [0, 0.05) is 69.2 Å². The van der Waals surface area contributed by atoms with Gasteiger partial charge in [-0.15, -0.1) is 0 Å². The van der Waals surface area contributed by atoms with Gasteiger partial charge in [0.15, 0.2) is 17.2 Å². The summed E-state index contributed by atoms with van der Waals surface area (Å²) >= 11 is 0. The van der Waals surface area contributed by atoms with Gasteiger partial charge in [-0.1, -0.05) is 6.92 Å². The Kier molecular flexibility index (Phi) is 10.4. The van der Waals surface area contributed by atoms with Gasteiger partial charge in [-0.05, 0) is 56.6 Å². The first-order chi connectivity index (χ1) is 24.5. The number of methoxy groups -OCH3 is 2. The first kappa shape index (κ1) is 36.3. The fourth-order valence-corrected chi connectivity index (χ4v) is 8.80. The minimum Gasteiger partial charge on any atom is -0.497 e. The third kappa shape index (κ3) is 6.44. The summed E-state index contributed by atoms with van der Waals surface area (Å²) in [6, 6.07) is 7.71. The molecule has 16 heteroatoms. The Morgan fingerprint density at radius 1 is 0.961 bits per heavy atom. The number of sulfonamides is 1. The summed E-state index contributed by atoms with van der Waals surface area (Å²) in [4.78, 5) is 39.5. The first-order valence-electron chi connectivity index (χ1n) is 16.9. The molecule has 1 unspecified atom stereocenters. The average Bonchev–Trinajstić information content (AvgIpc) is 3.38. The number of nitrogens with zero attached hydrogens (tertiary/aromatic N) is 5. The molecule has 274 valence electrons. The maximum absolute atomic E-state index is 15.3. The Morgan fingerprint density at radius 3 is 2.31 bits per heavy atom. The molecule has 13 nitrogen and oxygen atoms in total. The Labute approximate surface area is 296 Å². The fourth-order valence-electron chi connectivity index (χ4n) is 7.20. The summed E-state index contributed by atoms with van der Waals surface area (Å²) in [5.74, 6) is -3.96. The number of aromatic nitrogens is 1. The molecule has 2 aromatic carbocycles. The molecule has 51 heavy (non-hydrogen) atoms. The molecule has 2 fully saturated rings. The highest BCUT2D eigenvalue weighted by Gasteiger charge is 2.59. The Balaban J connectivity index is 1.43. The number of fused-ring (bicyclic) bond motifs is 1. The van der Waals surface area contributed by atoms with Crippen molar-refractivity contribution in [3.8, 4) is 17.4 Å². The van der Waals surface area contributed by atoms with E-state index >= 15 is 13.6 Å². The van der Waals surface area contributed by atoms with E-state index in [0.29, 0.717) is 36.3 Å². The van der Waals surface area contributed by atoms with Crippen LogP contribution in [0.15, 0.2) is 53.6 Å². The summed E-state index contributed by atoms with van der Waals surface area (Å²) in [7, 11) is -2.28. The van der Waals surface area contributed by atoms with E-state index in [2.05, 4.69) is 27.0 Å². The molecule has 0 radical (unpaired) electrons. The molecule has 3 aromatic rings. The van der Waals surface area contributed by atoms with Crippen LogP contribution in [0.4, 0.5) is 19.3 Å². The number of anilines is 1. The number of carbonyl (C=O) groups excluding carboxylic acids is 2. The summed E-state index contributed by atoms with van der Waals surface area (Å²) in [5.41, 5.74) is -3.26. The van der Waals surface area contributed by atoms with Gasteiger partial charge in [0.1, 0.15) is 16.4 Å². The molecule has 0 bridgehead atoms. The van der Waals surface area contributed by atoms with Crippen LogP contribution in [0, 0.1) is 11.6 Å². The summed E-state index contributed by atoms with van der Waals surface area (Å²) in [6.45, 7) is 9.47.